The number of carbonyl (C=O) groups excluding carboxylic acids is 2. The van der Waals surface area contributed by atoms with Gasteiger partial charge in [-0.3, -0.25) is 4.79 Å². The van der Waals surface area contributed by atoms with Crippen molar-refractivity contribution in [1.29, 1.82) is 0 Å². The summed E-state index contributed by atoms with van der Waals surface area (Å²) < 4.78 is 11.0. The molecule has 0 unspecified atom stereocenters. The van der Waals surface area contributed by atoms with Gasteiger partial charge in [-0.1, -0.05) is 61.9 Å². The van der Waals surface area contributed by atoms with Gasteiger partial charge in [0.25, 0.3) is 0 Å². The Bertz CT molecular complexity index is 1030. The second kappa shape index (κ2) is 9.85. The van der Waals surface area contributed by atoms with Crippen LogP contribution >= 0.6 is 0 Å². The van der Waals surface area contributed by atoms with Crippen LogP contribution in [0.3, 0.4) is 0 Å². The van der Waals surface area contributed by atoms with E-state index in [0.717, 1.165) is 22.3 Å². The zero-order chi connectivity index (χ0) is 24.3. The summed E-state index contributed by atoms with van der Waals surface area (Å²) >= 11 is 0. The van der Waals surface area contributed by atoms with Crippen LogP contribution in [0.5, 0.6) is 0 Å². The fourth-order valence-electron chi connectivity index (χ4n) is 4.79. The van der Waals surface area contributed by atoms with Crippen molar-refractivity contribution in [3.63, 3.8) is 0 Å². The molecule has 8 nitrogen and oxygen atoms in total. The topological polar surface area (TPSA) is 105 Å². The lowest BCUT2D eigenvalue weighted by atomic mass is 9.94. The number of rotatable bonds is 9. The molecule has 2 aliphatic rings. The third kappa shape index (κ3) is 4.92. The van der Waals surface area contributed by atoms with E-state index < -0.39 is 30.3 Å². The summed E-state index contributed by atoms with van der Waals surface area (Å²) in [4.78, 5) is 37.9. The first-order valence-corrected chi connectivity index (χ1v) is 11.6. The molecule has 1 aliphatic heterocycles. The molecule has 2 aromatic rings. The molecule has 4 rings (SSSR count). The minimum atomic E-state index is -1.05. The van der Waals surface area contributed by atoms with Crippen LogP contribution in [-0.2, 0) is 19.1 Å². The Morgan fingerprint density at radius 1 is 1.09 bits per heavy atom. The number of nitrogens with zero attached hydrogens (tertiary/aromatic N) is 1. The minimum absolute atomic E-state index is 0.0547. The summed E-state index contributed by atoms with van der Waals surface area (Å²) in [5, 5.41) is 11.5. The van der Waals surface area contributed by atoms with Crippen LogP contribution < -0.4 is 5.32 Å². The number of fused-ring (bicyclic) bond motifs is 3. The number of carboxylic acid groups (broad SMARTS) is 1. The zero-order valence-electron chi connectivity index (χ0n) is 19.5. The number of hydrogen-bond acceptors (Lipinski definition) is 5. The summed E-state index contributed by atoms with van der Waals surface area (Å²) in [6.45, 7) is 4.05. The van der Waals surface area contributed by atoms with Crippen molar-refractivity contribution in [1.82, 2.24) is 10.2 Å². The highest BCUT2D eigenvalue weighted by molar-refractivity contribution is 5.86. The Kier molecular flexibility index (Phi) is 6.88. The average Bonchev–Trinajstić information content (AvgIpc) is 3.12. The lowest BCUT2D eigenvalue weighted by Crippen LogP contribution is -2.66. The van der Waals surface area contributed by atoms with Gasteiger partial charge in [0, 0.05) is 5.92 Å². The van der Waals surface area contributed by atoms with Crippen LogP contribution in [-0.4, -0.2) is 65.9 Å². The second-order valence-corrected chi connectivity index (χ2v) is 9.14. The van der Waals surface area contributed by atoms with Gasteiger partial charge in [0.2, 0.25) is 5.91 Å². The third-order valence-corrected chi connectivity index (χ3v) is 6.42. The van der Waals surface area contributed by atoms with E-state index in [9.17, 15) is 14.4 Å². The number of amides is 2. The van der Waals surface area contributed by atoms with Crippen molar-refractivity contribution < 1.29 is 29.0 Å². The average molecular weight is 467 g/mol. The highest BCUT2D eigenvalue weighted by Gasteiger charge is 2.44. The van der Waals surface area contributed by atoms with E-state index in [1.165, 1.54) is 0 Å². The fourth-order valence-corrected chi connectivity index (χ4v) is 4.79. The van der Waals surface area contributed by atoms with Crippen LogP contribution in [0.4, 0.5) is 4.79 Å². The van der Waals surface area contributed by atoms with E-state index in [2.05, 4.69) is 29.6 Å². The predicted molar refractivity (Wildman–Crippen MR) is 125 cm³/mol. The van der Waals surface area contributed by atoms with Gasteiger partial charge in [0.15, 0.2) is 0 Å². The van der Waals surface area contributed by atoms with E-state index in [1.807, 2.05) is 31.2 Å². The molecular weight excluding hydrogens is 436 g/mol. The molecule has 0 spiro atoms. The largest absolute Gasteiger partial charge is 0.480 e. The van der Waals surface area contributed by atoms with Gasteiger partial charge in [0.05, 0.1) is 13.1 Å². The molecule has 0 aromatic heterocycles. The lowest BCUT2D eigenvalue weighted by molar-refractivity contribution is -0.174. The molecule has 1 saturated heterocycles. The molecule has 1 atom stereocenters. The number of nitrogens with one attached hydrogen (secondary N) is 1. The normalized spacial score (nSPS) is 16.7. The zero-order valence-corrected chi connectivity index (χ0v) is 19.5. The predicted octanol–water partition coefficient (Wildman–Crippen LogP) is 3.40. The van der Waals surface area contributed by atoms with Gasteiger partial charge in [-0.15, -0.1) is 0 Å². The number of carboxylic acids is 1. The Hall–Kier alpha value is -3.39. The molecule has 180 valence electrons. The van der Waals surface area contributed by atoms with Gasteiger partial charge in [-0.05, 0) is 35.6 Å². The van der Waals surface area contributed by atoms with Crippen LogP contribution in [0, 0.1) is 0 Å². The van der Waals surface area contributed by atoms with E-state index in [-0.39, 0.29) is 31.5 Å². The summed E-state index contributed by atoms with van der Waals surface area (Å²) in [6, 6.07) is 15.5. The van der Waals surface area contributed by atoms with Gasteiger partial charge in [-0.25, -0.2) is 9.59 Å². The van der Waals surface area contributed by atoms with Crippen molar-refractivity contribution in [3.05, 3.63) is 59.7 Å². The van der Waals surface area contributed by atoms with Gasteiger partial charge in [0.1, 0.15) is 24.9 Å². The van der Waals surface area contributed by atoms with E-state index in [4.69, 9.17) is 14.6 Å². The highest BCUT2D eigenvalue weighted by Crippen LogP contribution is 2.44. The van der Waals surface area contributed by atoms with E-state index in [1.54, 1.807) is 11.8 Å². The number of carbonyl (C=O) groups is 3. The fraction of sp³-hybridized carbons (Fsp3) is 0.423. The number of ether oxygens (including phenoxy) is 2. The molecule has 0 saturated carbocycles. The molecule has 1 fully saturated rings. The highest BCUT2D eigenvalue weighted by atomic mass is 16.5. The Morgan fingerprint density at radius 3 is 2.24 bits per heavy atom. The first-order valence-electron chi connectivity index (χ1n) is 11.6. The summed E-state index contributed by atoms with van der Waals surface area (Å²) in [5.41, 5.74) is 3.86. The maximum Gasteiger partial charge on any atom is 0.407 e. The van der Waals surface area contributed by atoms with Crippen LogP contribution in [0.15, 0.2) is 48.5 Å². The third-order valence-electron chi connectivity index (χ3n) is 6.42. The van der Waals surface area contributed by atoms with Gasteiger partial charge < -0.3 is 24.8 Å². The molecule has 2 aromatic carbocycles. The maximum absolute atomic E-state index is 12.9. The molecule has 0 bridgehead atoms. The van der Waals surface area contributed by atoms with E-state index >= 15 is 0 Å². The minimum Gasteiger partial charge on any atom is -0.480 e. The van der Waals surface area contributed by atoms with Crippen molar-refractivity contribution in [2.24, 2.45) is 0 Å². The standard InChI is InChI=1S/C26H30N2O6/c1-3-8-22(24(31)28-15-26(2,16-28)34-14-23(29)30)27-25(32)33-13-21-19-11-6-4-9-17(19)18-10-5-7-12-20(18)21/h4-7,9-12,21-22H,3,8,13-16H2,1-2H3,(H,27,32)(H,29,30)/t22-/m1/s1. The molecule has 8 heteroatoms. The van der Waals surface area contributed by atoms with Crippen LogP contribution in [0.25, 0.3) is 11.1 Å². The second-order valence-electron chi connectivity index (χ2n) is 9.14. The van der Waals surface area contributed by atoms with Crippen molar-refractivity contribution in [2.45, 2.75) is 44.2 Å². The number of alkyl carbamates (subject to hydrolysis) is 1. The first kappa shape index (κ1) is 23.8. The SMILES string of the molecule is CCC[C@@H](NC(=O)OCC1c2ccccc2-c2ccccc21)C(=O)N1CC(C)(OCC(=O)O)C1. The molecule has 34 heavy (non-hydrogen) atoms. The van der Waals surface area contributed by atoms with Gasteiger partial charge in [-0.2, -0.15) is 0 Å². The number of aliphatic carboxylic acids is 1. The van der Waals surface area contributed by atoms with Crippen molar-refractivity contribution in [2.75, 3.05) is 26.3 Å². The van der Waals surface area contributed by atoms with Crippen molar-refractivity contribution in [3.8, 4) is 11.1 Å². The monoisotopic (exact) mass is 466 g/mol. The van der Waals surface area contributed by atoms with Gasteiger partial charge >= 0.3 is 12.1 Å². The first-order chi connectivity index (χ1) is 16.3. The molecule has 0 radical (unpaired) electrons. The molecule has 2 N–H and O–H groups in total. The quantitative estimate of drug-likeness (QED) is 0.587. The molecule has 2 amide bonds. The number of benzene rings is 2. The Balaban J connectivity index is 1.34. The summed E-state index contributed by atoms with van der Waals surface area (Å²) in [5.74, 6) is -1.32. The number of likely N-dealkylation sites (tertiary alicyclic amines) is 1. The maximum atomic E-state index is 12.9. The molecule has 1 aliphatic carbocycles. The molecular formula is C26H30N2O6. The van der Waals surface area contributed by atoms with E-state index in [0.29, 0.717) is 12.8 Å². The lowest BCUT2D eigenvalue weighted by Gasteiger charge is -2.48. The van der Waals surface area contributed by atoms with Crippen LogP contribution in [0.2, 0.25) is 0 Å². The number of hydrogen-bond donors (Lipinski definition) is 2. The van der Waals surface area contributed by atoms with Crippen LogP contribution in [0.1, 0.15) is 43.7 Å². The summed E-state index contributed by atoms with van der Waals surface area (Å²) in [7, 11) is 0. The molecule has 1 heterocycles. The smallest absolute Gasteiger partial charge is 0.407 e. The Labute approximate surface area is 198 Å². The summed E-state index contributed by atoms with van der Waals surface area (Å²) in [6.07, 6.45) is 0.562. The van der Waals surface area contributed by atoms with Crippen molar-refractivity contribution >= 4 is 18.0 Å². The Morgan fingerprint density at radius 2 is 1.68 bits per heavy atom.